The topological polar surface area (TPSA) is 59.0 Å². The fraction of sp³-hybridized carbons (Fsp3) is 0.333. The molecule has 2 aromatic heterocycles. The quantitative estimate of drug-likeness (QED) is 0.685. The summed E-state index contributed by atoms with van der Waals surface area (Å²) in [6.07, 6.45) is 3.42. The molecule has 0 unspecified atom stereocenters. The highest BCUT2D eigenvalue weighted by atomic mass is 19.1. The molecular formula is C21H23FN4O. The van der Waals surface area contributed by atoms with Crippen LogP contribution < -0.4 is 0 Å². The lowest BCUT2D eigenvalue weighted by Gasteiger charge is -2.22. The molecule has 0 saturated carbocycles. The van der Waals surface area contributed by atoms with Crippen molar-refractivity contribution in [2.45, 2.75) is 39.7 Å². The van der Waals surface area contributed by atoms with E-state index in [1.54, 1.807) is 36.5 Å². The Morgan fingerprint density at radius 1 is 1.07 bits per heavy atom. The lowest BCUT2D eigenvalue weighted by Crippen LogP contribution is -2.33. The zero-order chi connectivity index (χ0) is 19.7. The predicted molar refractivity (Wildman–Crippen MR) is 104 cm³/mol. The van der Waals surface area contributed by atoms with E-state index in [-0.39, 0.29) is 17.9 Å². The number of hydrogen-bond acceptors (Lipinski definition) is 4. The lowest BCUT2D eigenvalue weighted by molar-refractivity contribution is 0.0757. The summed E-state index contributed by atoms with van der Waals surface area (Å²) >= 11 is 0. The van der Waals surface area contributed by atoms with Gasteiger partial charge in [-0.3, -0.25) is 4.79 Å². The van der Waals surface area contributed by atoms with Crippen LogP contribution in [-0.2, 0) is 0 Å². The molecule has 0 N–H and O–H groups in total. The maximum atomic E-state index is 13.8. The van der Waals surface area contributed by atoms with Gasteiger partial charge < -0.3 is 4.90 Å². The van der Waals surface area contributed by atoms with Crippen LogP contribution in [0.25, 0.3) is 22.2 Å². The molecule has 0 saturated heterocycles. The van der Waals surface area contributed by atoms with E-state index in [2.05, 4.69) is 15.0 Å². The Balaban J connectivity index is 2.17. The summed E-state index contributed by atoms with van der Waals surface area (Å²) in [5, 5.41) is 0.496. The van der Waals surface area contributed by atoms with E-state index >= 15 is 0 Å². The van der Waals surface area contributed by atoms with Crippen LogP contribution in [0.1, 0.15) is 49.8 Å². The average molecular weight is 366 g/mol. The van der Waals surface area contributed by atoms with Gasteiger partial charge in [-0.15, -0.1) is 0 Å². The number of carbonyl (C=O) groups is 1. The molecule has 0 bridgehead atoms. The van der Waals surface area contributed by atoms with Crippen molar-refractivity contribution in [1.82, 2.24) is 19.9 Å². The van der Waals surface area contributed by atoms with E-state index in [9.17, 15) is 9.18 Å². The van der Waals surface area contributed by atoms with E-state index in [4.69, 9.17) is 0 Å². The number of carbonyl (C=O) groups excluding carboxylic acids is 1. The highest BCUT2D eigenvalue weighted by Gasteiger charge is 2.20. The highest BCUT2D eigenvalue weighted by molar-refractivity contribution is 6.07. The van der Waals surface area contributed by atoms with E-state index in [1.807, 2.05) is 27.7 Å². The fourth-order valence-corrected chi connectivity index (χ4v) is 2.72. The molecule has 3 rings (SSSR count). The van der Waals surface area contributed by atoms with Crippen LogP contribution in [0.4, 0.5) is 4.39 Å². The standard InChI is InChI=1S/C21H23FN4O/c1-12(2)20-23-10-14(11-24-20)19-9-17(21(27)26(5)13(3)4)16-8-15(22)6-7-18(16)25-19/h6-13H,1-5H3. The van der Waals surface area contributed by atoms with Crippen molar-refractivity contribution in [3.63, 3.8) is 0 Å². The third-order valence-electron chi connectivity index (χ3n) is 4.58. The van der Waals surface area contributed by atoms with Crippen LogP contribution in [0.5, 0.6) is 0 Å². The first-order valence-electron chi connectivity index (χ1n) is 8.97. The van der Waals surface area contributed by atoms with Crippen molar-refractivity contribution in [2.24, 2.45) is 0 Å². The SMILES string of the molecule is CC(C)c1ncc(-c2cc(C(=O)N(C)C(C)C)c3cc(F)ccc3n2)cn1. The molecule has 0 fully saturated rings. The van der Waals surface area contributed by atoms with Gasteiger partial charge in [0.2, 0.25) is 0 Å². The first-order chi connectivity index (χ1) is 12.8. The van der Waals surface area contributed by atoms with Crippen molar-refractivity contribution in [2.75, 3.05) is 7.05 Å². The summed E-state index contributed by atoms with van der Waals surface area (Å²) in [6.45, 7) is 7.91. The number of rotatable bonds is 4. The maximum absolute atomic E-state index is 13.8. The second-order valence-corrected chi connectivity index (χ2v) is 7.21. The molecule has 2 heterocycles. The second kappa shape index (κ2) is 7.39. The Labute approximate surface area is 158 Å². The first kappa shape index (κ1) is 18.9. The van der Waals surface area contributed by atoms with Gasteiger partial charge in [0.05, 0.1) is 16.8 Å². The molecule has 1 aromatic carbocycles. The number of pyridine rings is 1. The molecule has 0 aliphatic rings. The van der Waals surface area contributed by atoms with Gasteiger partial charge in [0.15, 0.2) is 0 Å². The van der Waals surface area contributed by atoms with Gasteiger partial charge in [0.25, 0.3) is 5.91 Å². The molecule has 0 atom stereocenters. The number of benzene rings is 1. The van der Waals surface area contributed by atoms with Crippen LogP contribution in [0, 0.1) is 5.82 Å². The van der Waals surface area contributed by atoms with Crippen LogP contribution >= 0.6 is 0 Å². The zero-order valence-corrected chi connectivity index (χ0v) is 16.2. The molecule has 6 heteroatoms. The smallest absolute Gasteiger partial charge is 0.254 e. The number of nitrogens with zero attached hydrogens (tertiary/aromatic N) is 4. The maximum Gasteiger partial charge on any atom is 0.254 e. The number of halogens is 1. The van der Waals surface area contributed by atoms with Gasteiger partial charge in [0, 0.05) is 42.4 Å². The van der Waals surface area contributed by atoms with Crippen molar-refractivity contribution in [3.8, 4) is 11.3 Å². The summed E-state index contributed by atoms with van der Waals surface area (Å²) in [6, 6.07) is 6.00. The molecule has 140 valence electrons. The van der Waals surface area contributed by atoms with Gasteiger partial charge in [-0.25, -0.2) is 19.3 Å². The minimum Gasteiger partial charge on any atom is -0.339 e. The molecule has 0 aliphatic heterocycles. The van der Waals surface area contributed by atoms with Crippen LogP contribution in [-0.4, -0.2) is 38.8 Å². The normalized spacial score (nSPS) is 11.4. The molecule has 1 amide bonds. The first-order valence-corrected chi connectivity index (χ1v) is 8.97. The molecule has 0 spiro atoms. The molecule has 27 heavy (non-hydrogen) atoms. The lowest BCUT2D eigenvalue weighted by atomic mass is 10.0. The number of aromatic nitrogens is 3. The third kappa shape index (κ3) is 3.79. The highest BCUT2D eigenvalue weighted by Crippen LogP contribution is 2.26. The van der Waals surface area contributed by atoms with Crippen LogP contribution in [0.3, 0.4) is 0 Å². The summed E-state index contributed by atoms with van der Waals surface area (Å²) in [4.78, 5) is 28.0. The van der Waals surface area contributed by atoms with Gasteiger partial charge >= 0.3 is 0 Å². The fourth-order valence-electron chi connectivity index (χ4n) is 2.72. The Kier molecular flexibility index (Phi) is 5.17. The van der Waals surface area contributed by atoms with Crippen molar-refractivity contribution in [1.29, 1.82) is 0 Å². The summed E-state index contributed by atoms with van der Waals surface area (Å²) in [5.41, 5.74) is 2.28. The molecule has 5 nitrogen and oxygen atoms in total. The van der Waals surface area contributed by atoms with Crippen LogP contribution in [0.15, 0.2) is 36.7 Å². The van der Waals surface area contributed by atoms with Crippen LogP contribution in [0.2, 0.25) is 0 Å². The van der Waals surface area contributed by atoms with Crippen molar-refractivity contribution in [3.05, 3.63) is 53.9 Å². The number of fused-ring (bicyclic) bond motifs is 1. The average Bonchev–Trinajstić information content (AvgIpc) is 2.66. The molecule has 0 aliphatic carbocycles. The van der Waals surface area contributed by atoms with E-state index in [0.29, 0.717) is 27.7 Å². The predicted octanol–water partition coefficient (Wildman–Crippen LogP) is 4.43. The number of hydrogen-bond donors (Lipinski definition) is 0. The Bertz CT molecular complexity index is 983. The Morgan fingerprint density at radius 3 is 2.33 bits per heavy atom. The third-order valence-corrected chi connectivity index (χ3v) is 4.58. The molecular weight excluding hydrogens is 343 g/mol. The molecule has 3 aromatic rings. The van der Waals surface area contributed by atoms with Crippen molar-refractivity contribution < 1.29 is 9.18 Å². The minimum atomic E-state index is -0.400. The second-order valence-electron chi connectivity index (χ2n) is 7.21. The van der Waals surface area contributed by atoms with Gasteiger partial charge in [0.1, 0.15) is 11.6 Å². The monoisotopic (exact) mass is 366 g/mol. The van der Waals surface area contributed by atoms with Gasteiger partial charge in [-0.2, -0.15) is 0 Å². The zero-order valence-electron chi connectivity index (χ0n) is 16.2. The van der Waals surface area contributed by atoms with Gasteiger partial charge in [-0.1, -0.05) is 13.8 Å². The van der Waals surface area contributed by atoms with Crippen molar-refractivity contribution >= 4 is 16.8 Å². The molecule has 0 radical (unpaired) electrons. The Hall–Kier alpha value is -2.89. The van der Waals surface area contributed by atoms with Gasteiger partial charge in [-0.05, 0) is 38.1 Å². The van der Waals surface area contributed by atoms with E-state index < -0.39 is 5.82 Å². The summed E-state index contributed by atoms with van der Waals surface area (Å²) in [5.74, 6) is 0.396. The van der Waals surface area contributed by atoms with E-state index in [0.717, 1.165) is 5.82 Å². The number of amides is 1. The largest absolute Gasteiger partial charge is 0.339 e. The minimum absolute atomic E-state index is 0.0198. The summed E-state index contributed by atoms with van der Waals surface area (Å²) in [7, 11) is 1.73. The Morgan fingerprint density at radius 2 is 1.74 bits per heavy atom. The van der Waals surface area contributed by atoms with E-state index in [1.165, 1.54) is 12.1 Å². The summed E-state index contributed by atoms with van der Waals surface area (Å²) < 4.78 is 13.8.